The van der Waals surface area contributed by atoms with Gasteiger partial charge in [-0.2, -0.15) is 0 Å². The number of nitrogens with one attached hydrogen (secondary N) is 1. The Hall–Kier alpha value is -3.87. The molecule has 14 heteroatoms. The molecule has 2 heterocycles. The Balaban J connectivity index is 1.66. The second kappa shape index (κ2) is 64.5. The van der Waals surface area contributed by atoms with E-state index in [9.17, 15) is 45.6 Å². The van der Waals surface area contributed by atoms with Gasteiger partial charge < -0.3 is 65.1 Å². The lowest BCUT2D eigenvalue weighted by Crippen LogP contribution is -2.65. The molecule has 2 rings (SSSR count). The molecule has 0 aliphatic carbocycles. The number of hydrogen-bond donors (Lipinski definition) is 9. The second-order valence-electron chi connectivity index (χ2n) is 26.4. The van der Waals surface area contributed by atoms with E-state index in [4.69, 9.17) is 18.9 Å². The summed E-state index contributed by atoms with van der Waals surface area (Å²) in [6, 6.07) is -0.946. The molecule has 2 aliphatic heterocycles. The molecule has 0 spiro atoms. The first kappa shape index (κ1) is 88.2. The molecule has 2 fully saturated rings. The minimum atomic E-state index is -1.80. The number of unbranched alkanes of at least 4 members (excludes halogenated alkanes) is 29. The standard InChI is InChI=1S/C82H139NO13/c1-3-5-7-9-11-13-15-17-19-21-23-25-27-29-30-31-32-33-34-35-36-37-38-39-40-42-44-46-48-50-52-54-56-58-60-62-64-66-74(87)83-70(69-93-81-79(92)77(90)80(73(68-85)95-81)96-82-78(91)76(89)75(88)72(67-84)94-82)71(86)65-63-61-59-57-55-53-51-49-47-45-43-41-28-26-24-22-20-18-16-14-12-10-8-6-4-2/h5,7,11,13,17,19,23,25,29-30,32-33,35-36,38-39,42,44,55,57,63,65,70-73,75-82,84-86,88-92H,3-4,6,8-10,12,14-16,18,20-22,24,26-28,31,34,37,40-41,43,45-54,56,58-62,64,66-69H2,1-2H3,(H,83,87)/b7-5-,13-11-,19-17-,25-23-,30-29-,33-32-,36-35-,39-38-,44-42-,57-55+,65-63+. The van der Waals surface area contributed by atoms with Crippen molar-refractivity contribution in [1.82, 2.24) is 5.32 Å². The minimum Gasteiger partial charge on any atom is -0.394 e. The number of allylic oxidation sites excluding steroid dienone is 21. The van der Waals surface area contributed by atoms with Crippen LogP contribution >= 0.6 is 0 Å². The summed E-state index contributed by atoms with van der Waals surface area (Å²) in [5, 5.41) is 87.6. The Bertz CT molecular complexity index is 2130. The molecule has 2 aliphatic rings. The van der Waals surface area contributed by atoms with Gasteiger partial charge in [-0.15, -0.1) is 0 Å². The van der Waals surface area contributed by atoms with Crippen LogP contribution in [-0.2, 0) is 23.7 Å². The molecule has 12 unspecified atom stereocenters. The number of carbonyl (C=O) groups excluding carboxylic acids is 1. The maximum absolute atomic E-state index is 13.4. The summed E-state index contributed by atoms with van der Waals surface area (Å²) in [5.74, 6) is -0.259. The lowest BCUT2D eigenvalue weighted by molar-refractivity contribution is -0.359. The van der Waals surface area contributed by atoms with E-state index in [2.05, 4.69) is 141 Å². The van der Waals surface area contributed by atoms with Crippen molar-refractivity contribution < 1.29 is 64.6 Å². The van der Waals surface area contributed by atoms with E-state index in [1.807, 2.05) is 6.08 Å². The highest BCUT2D eigenvalue weighted by atomic mass is 16.7. The van der Waals surface area contributed by atoms with E-state index >= 15 is 0 Å². The lowest BCUT2D eigenvalue weighted by atomic mass is 9.97. The molecule has 0 bridgehead atoms. The van der Waals surface area contributed by atoms with Crippen LogP contribution in [0, 0.1) is 0 Å². The van der Waals surface area contributed by atoms with Crippen LogP contribution in [0.3, 0.4) is 0 Å². The van der Waals surface area contributed by atoms with Crippen molar-refractivity contribution in [2.75, 3.05) is 19.8 Å². The lowest BCUT2D eigenvalue weighted by Gasteiger charge is -2.46. The molecule has 0 aromatic heterocycles. The van der Waals surface area contributed by atoms with Crippen LogP contribution in [0.15, 0.2) is 134 Å². The molecule has 12 atom stereocenters. The third-order valence-corrected chi connectivity index (χ3v) is 17.8. The summed E-state index contributed by atoms with van der Waals surface area (Å²) in [5.41, 5.74) is 0. The first-order valence-corrected chi connectivity index (χ1v) is 38.4. The number of amides is 1. The number of aliphatic hydroxyl groups is 8. The Morgan fingerprint density at radius 2 is 0.729 bits per heavy atom. The first-order chi connectivity index (χ1) is 47.1. The molecule has 0 aromatic rings. The van der Waals surface area contributed by atoms with Crippen LogP contribution in [0.4, 0.5) is 0 Å². The fourth-order valence-electron chi connectivity index (χ4n) is 11.8. The van der Waals surface area contributed by atoms with Gasteiger partial charge in [0.15, 0.2) is 12.6 Å². The van der Waals surface area contributed by atoms with Crippen LogP contribution in [0.1, 0.15) is 284 Å². The maximum Gasteiger partial charge on any atom is 0.220 e. The monoisotopic (exact) mass is 1350 g/mol. The minimum absolute atomic E-state index is 0.258. The Morgan fingerprint density at radius 3 is 1.15 bits per heavy atom. The number of aliphatic hydroxyl groups excluding tert-OH is 8. The van der Waals surface area contributed by atoms with Gasteiger partial charge in [0.2, 0.25) is 5.91 Å². The van der Waals surface area contributed by atoms with Gasteiger partial charge in [-0.25, -0.2) is 0 Å². The second-order valence-corrected chi connectivity index (χ2v) is 26.4. The molecule has 550 valence electrons. The number of rotatable bonds is 62. The Kier molecular flexibility index (Phi) is 59.3. The van der Waals surface area contributed by atoms with E-state index in [-0.39, 0.29) is 18.9 Å². The molecule has 9 N–H and O–H groups in total. The molecule has 2 saturated heterocycles. The predicted molar refractivity (Wildman–Crippen MR) is 396 cm³/mol. The molecule has 14 nitrogen and oxygen atoms in total. The zero-order valence-corrected chi connectivity index (χ0v) is 60.1. The highest BCUT2D eigenvalue weighted by molar-refractivity contribution is 5.76. The summed E-state index contributed by atoms with van der Waals surface area (Å²) < 4.78 is 22.9. The van der Waals surface area contributed by atoms with Crippen LogP contribution in [0.25, 0.3) is 0 Å². The average Bonchev–Trinajstić information content (AvgIpc) is 0.857. The highest BCUT2D eigenvalue weighted by Crippen LogP contribution is 2.30. The number of ether oxygens (including phenoxy) is 4. The summed E-state index contributed by atoms with van der Waals surface area (Å²) in [4.78, 5) is 13.4. The van der Waals surface area contributed by atoms with Gasteiger partial charge >= 0.3 is 0 Å². The summed E-state index contributed by atoms with van der Waals surface area (Å²) >= 11 is 0. The van der Waals surface area contributed by atoms with E-state index in [0.29, 0.717) is 12.8 Å². The van der Waals surface area contributed by atoms with E-state index in [1.165, 1.54) is 148 Å². The van der Waals surface area contributed by atoms with Crippen molar-refractivity contribution in [1.29, 1.82) is 0 Å². The van der Waals surface area contributed by atoms with Crippen molar-refractivity contribution in [3.8, 4) is 0 Å². The van der Waals surface area contributed by atoms with Gasteiger partial charge in [0.05, 0.1) is 32.0 Å². The third-order valence-electron chi connectivity index (χ3n) is 17.8. The molecular formula is C82H139NO13. The van der Waals surface area contributed by atoms with E-state index < -0.39 is 86.8 Å². The van der Waals surface area contributed by atoms with Crippen molar-refractivity contribution >= 4 is 5.91 Å². The van der Waals surface area contributed by atoms with Gasteiger partial charge in [0, 0.05) is 6.42 Å². The molecule has 0 radical (unpaired) electrons. The van der Waals surface area contributed by atoms with Gasteiger partial charge in [-0.05, 0) is 103 Å². The fourth-order valence-corrected chi connectivity index (χ4v) is 11.8. The average molecular weight is 1350 g/mol. The first-order valence-electron chi connectivity index (χ1n) is 38.4. The summed E-state index contributed by atoms with van der Waals surface area (Å²) in [7, 11) is 0. The maximum atomic E-state index is 13.4. The zero-order chi connectivity index (χ0) is 69.4. The van der Waals surface area contributed by atoms with Crippen LogP contribution < -0.4 is 5.32 Å². The van der Waals surface area contributed by atoms with Crippen molar-refractivity contribution in [3.63, 3.8) is 0 Å². The molecule has 0 aromatic carbocycles. The van der Waals surface area contributed by atoms with Crippen LogP contribution in [0.2, 0.25) is 0 Å². The summed E-state index contributed by atoms with van der Waals surface area (Å²) in [6.07, 6.45) is 79.4. The topological polar surface area (TPSA) is 228 Å². The molecule has 96 heavy (non-hydrogen) atoms. The van der Waals surface area contributed by atoms with E-state index in [1.54, 1.807) is 6.08 Å². The van der Waals surface area contributed by atoms with Crippen LogP contribution in [0.5, 0.6) is 0 Å². The SMILES string of the molecule is CC/C=C\C/C=C\C/C=C\C/C=C\C/C=C\C/C=C\C/C=C\C/C=C\C/C=C\CCCCCCCCCCCC(=O)NC(COC1OC(CO)C(OC2OC(CO)C(O)C(O)C2O)C(O)C1O)C(O)/C=C/CC/C=C/CCCCCCCCCCCCCCCCCCCCC. The van der Waals surface area contributed by atoms with E-state index in [0.717, 1.165) is 103 Å². The molecular weight excluding hydrogens is 1210 g/mol. The summed E-state index contributed by atoms with van der Waals surface area (Å²) in [6.45, 7) is 2.68. The zero-order valence-electron chi connectivity index (χ0n) is 60.1. The van der Waals surface area contributed by atoms with Crippen molar-refractivity contribution in [2.45, 2.75) is 357 Å². The predicted octanol–water partition coefficient (Wildman–Crippen LogP) is 17.0. The van der Waals surface area contributed by atoms with Crippen molar-refractivity contribution in [2.24, 2.45) is 0 Å². The van der Waals surface area contributed by atoms with Crippen molar-refractivity contribution in [3.05, 3.63) is 134 Å². The Labute approximate surface area is 583 Å². The van der Waals surface area contributed by atoms with Gasteiger partial charge in [0.1, 0.15) is 48.8 Å². The van der Waals surface area contributed by atoms with Gasteiger partial charge in [-0.3, -0.25) is 4.79 Å². The number of carbonyl (C=O) groups is 1. The quantitative estimate of drug-likeness (QED) is 0.0204. The molecule has 1 amide bonds. The highest BCUT2D eigenvalue weighted by Gasteiger charge is 2.51. The smallest absolute Gasteiger partial charge is 0.220 e. The van der Waals surface area contributed by atoms with Gasteiger partial charge in [0.25, 0.3) is 0 Å². The normalized spacial score (nSPS) is 23.0. The molecule has 0 saturated carbocycles. The van der Waals surface area contributed by atoms with Gasteiger partial charge in [-0.1, -0.05) is 308 Å². The fraction of sp³-hybridized carbons (Fsp3) is 0.720. The number of hydrogen-bond acceptors (Lipinski definition) is 13. The van der Waals surface area contributed by atoms with Crippen LogP contribution in [-0.4, -0.2) is 140 Å². The largest absolute Gasteiger partial charge is 0.394 e. The third kappa shape index (κ3) is 47.2. The Morgan fingerprint density at radius 1 is 0.385 bits per heavy atom.